The monoisotopic (exact) mass is 284 g/mol. The Balaban J connectivity index is 1.71. The average molecular weight is 284 g/mol. The van der Waals surface area contributed by atoms with Gasteiger partial charge in [-0.15, -0.1) is 8.78 Å². The van der Waals surface area contributed by atoms with Gasteiger partial charge in [0, 0.05) is 30.8 Å². The maximum atomic E-state index is 12.9. The van der Waals surface area contributed by atoms with Gasteiger partial charge in [0.25, 0.3) is 0 Å². The minimum atomic E-state index is -3.61. The van der Waals surface area contributed by atoms with E-state index in [1.54, 1.807) is 6.07 Å². The highest BCUT2D eigenvalue weighted by atomic mass is 19.3. The molecular formula is C13H14F2N2O3. The van der Waals surface area contributed by atoms with Crippen molar-refractivity contribution in [2.75, 3.05) is 11.9 Å². The van der Waals surface area contributed by atoms with Crippen molar-refractivity contribution in [3.63, 3.8) is 0 Å². The molecule has 0 radical (unpaired) electrons. The fourth-order valence-electron chi connectivity index (χ4n) is 2.37. The Morgan fingerprint density at radius 1 is 1.30 bits per heavy atom. The van der Waals surface area contributed by atoms with Crippen LogP contribution in [-0.2, 0) is 4.79 Å². The number of rotatable bonds is 2. The van der Waals surface area contributed by atoms with E-state index in [-0.39, 0.29) is 23.4 Å². The van der Waals surface area contributed by atoms with Crippen molar-refractivity contribution in [2.45, 2.75) is 31.6 Å². The van der Waals surface area contributed by atoms with Gasteiger partial charge >= 0.3 is 6.29 Å². The predicted octanol–water partition coefficient (Wildman–Crippen LogP) is 2.09. The lowest BCUT2D eigenvalue weighted by atomic mass is 10.1. The van der Waals surface area contributed by atoms with Gasteiger partial charge in [0.2, 0.25) is 5.91 Å². The Morgan fingerprint density at radius 3 is 2.95 bits per heavy atom. The van der Waals surface area contributed by atoms with Crippen LogP contribution in [0.5, 0.6) is 11.5 Å². The second kappa shape index (κ2) is 4.81. The minimum absolute atomic E-state index is 0.00178. The normalized spacial score (nSPS) is 23.9. The molecule has 2 N–H and O–H groups in total. The number of hydrogen-bond donors (Lipinski definition) is 2. The van der Waals surface area contributed by atoms with Crippen molar-refractivity contribution in [2.24, 2.45) is 0 Å². The molecule has 2 aliphatic heterocycles. The molecule has 108 valence electrons. The van der Waals surface area contributed by atoms with Crippen LogP contribution >= 0.6 is 0 Å². The number of ether oxygens (including phenoxy) is 2. The first kappa shape index (κ1) is 13.0. The smallest absolute Gasteiger partial charge is 0.395 e. The molecule has 20 heavy (non-hydrogen) atoms. The summed E-state index contributed by atoms with van der Waals surface area (Å²) >= 11 is 0. The maximum Gasteiger partial charge on any atom is 0.586 e. The van der Waals surface area contributed by atoms with E-state index >= 15 is 0 Å². The van der Waals surface area contributed by atoms with Crippen molar-refractivity contribution in [3.8, 4) is 11.5 Å². The molecule has 7 heteroatoms. The summed E-state index contributed by atoms with van der Waals surface area (Å²) in [4.78, 5) is 11.5. The quantitative estimate of drug-likeness (QED) is 0.873. The first-order valence-corrected chi connectivity index (χ1v) is 6.45. The van der Waals surface area contributed by atoms with E-state index in [9.17, 15) is 13.6 Å². The van der Waals surface area contributed by atoms with Crippen LogP contribution in [0.2, 0.25) is 0 Å². The van der Waals surface area contributed by atoms with Crippen LogP contribution < -0.4 is 20.1 Å². The van der Waals surface area contributed by atoms with Crippen molar-refractivity contribution in [1.82, 2.24) is 5.32 Å². The highest BCUT2D eigenvalue weighted by molar-refractivity contribution is 5.77. The molecule has 0 spiro atoms. The number of benzene rings is 1. The van der Waals surface area contributed by atoms with Gasteiger partial charge in [-0.05, 0) is 25.0 Å². The SMILES string of the molecule is O=C1CC(Nc2ccc3c(c2)OC(F)(F)O3)CCCN1. The first-order chi connectivity index (χ1) is 9.52. The summed E-state index contributed by atoms with van der Waals surface area (Å²) < 4.78 is 34.6. The lowest BCUT2D eigenvalue weighted by Gasteiger charge is -2.16. The molecule has 0 aliphatic carbocycles. The Hall–Kier alpha value is -2.05. The van der Waals surface area contributed by atoms with Crippen molar-refractivity contribution in [1.29, 1.82) is 0 Å². The van der Waals surface area contributed by atoms with Crippen LogP contribution in [0.4, 0.5) is 14.5 Å². The molecule has 1 unspecified atom stereocenters. The van der Waals surface area contributed by atoms with Gasteiger partial charge in [0.05, 0.1) is 0 Å². The fourth-order valence-corrected chi connectivity index (χ4v) is 2.37. The molecule has 5 nitrogen and oxygen atoms in total. The molecule has 2 aliphatic rings. The van der Waals surface area contributed by atoms with Gasteiger partial charge in [-0.25, -0.2) is 0 Å². The molecule has 1 atom stereocenters. The van der Waals surface area contributed by atoms with E-state index in [1.807, 2.05) is 0 Å². The van der Waals surface area contributed by atoms with E-state index in [2.05, 4.69) is 20.1 Å². The molecule has 1 aromatic carbocycles. The number of halogens is 2. The van der Waals surface area contributed by atoms with Crippen LogP contribution in [0.1, 0.15) is 19.3 Å². The predicted molar refractivity (Wildman–Crippen MR) is 66.9 cm³/mol. The topological polar surface area (TPSA) is 59.6 Å². The lowest BCUT2D eigenvalue weighted by Crippen LogP contribution is -2.26. The largest absolute Gasteiger partial charge is 0.586 e. The summed E-state index contributed by atoms with van der Waals surface area (Å²) in [7, 11) is 0. The van der Waals surface area contributed by atoms with Gasteiger partial charge in [-0.2, -0.15) is 0 Å². The summed E-state index contributed by atoms with van der Waals surface area (Å²) in [6.45, 7) is 0.671. The molecular weight excluding hydrogens is 270 g/mol. The third-order valence-electron chi connectivity index (χ3n) is 3.26. The van der Waals surface area contributed by atoms with Crippen LogP contribution in [0.15, 0.2) is 18.2 Å². The van der Waals surface area contributed by atoms with Crippen molar-refractivity contribution in [3.05, 3.63) is 18.2 Å². The molecule has 0 saturated carbocycles. The number of hydrogen-bond acceptors (Lipinski definition) is 4. The van der Waals surface area contributed by atoms with Crippen LogP contribution in [0.25, 0.3) is 0 Å². The third kappa shape index (κ3) is 2.76. The van der Waals surface area contributed by atoms with E-state index < -0.39 is 6.29 Å². The molecule has 1 fully saturated rings. The molecule has 1 aromatic rings. The van der Waals surface area contributed by atoms with Crippen molar-refractivity contribution >= 4 is 11.6 Å². The summed E-state index contributed by atoms with van der Waals surface area (Å²) in [5.74, 6) is 0.00418. The number of nitrogens with one attached hydrogen (secondary N) is 2. The number of amides is 1. The number of alkyl halides is 2. The molecule has 2 heterocycles. The summed E-state index contributed by atoms with van der Waals surface area (Å²) in [5, 5.41) is 5.96. The van der Waals surface area contributed by atoms with Crippen LogP contribution in [0, 0.1) is 0 Å². The van der Waals surface area contributed by atoms with Gasteiger partial charge in [-0.3, -0.25) is 4.79 Å². The highest BCUT2D eigenvalue weighted by Gasteiger charge is 2.43. The van der Waals surface area contributed by atoms with Gasteiger partial charge in [0.1, 0.15) is 0 Å². The maximum absolute atomic E-state index is 12.9. The van der Waals surface area contributed by atoms with Gasteiger partial charge in [-0.1, -0.05) is 0 Å². The Bertz CT molecular complexity index is 536. The summed E-state index contributed by atoms with van der Waals surface area (Å²) in [6.07, 6.45) is -1.52. The third-order valence-corrected chi connectivity index (χ3v) is 3.26. The van der Waals surface area contributed by atoms with Crippen LogP contribution in [-0.4, -0.2) is 24.8 Å². The van der Waals surface area contributed by atoms with E-state index in [0.717, 1.165) is 12.8 Å². The van der Waals surface area contributed by atoms with E-state index in [1.165, 1.54) is 12.1 Å². The molecule has 1 amide bonds. The number of fused-ring (bicyclic) bond motifs is 1. The standard InChI is InChI=1S/C13H14F2N2O3/c14-13(15)19-10-4-3-9(6-11(10)20-13)17-8-2-1-5-16-12(18)7-8/h3-4,6,8,17H,1-2,5,7H2,(H,16,18). The summed E-state index contributed by atoms with van der Waals surface area (Å²) in [6, 6.07) is 4.50. The Kier molecular flexibility index (Phi) is 3.11. The minimum Gasteiger partial charge on any atom is -0.395 e. The Labute approximate surface area is 114 Å². The average Bonchev–Trinajstić information content (AvgIpc) is 2.52. The molecule has 0 bridgehead atoms. The number of carbonyl (C=O) groups excluding carboxylic acids is 1. The lowest BCUT2D eigenvalue weighted by molar-refractivity contribution is -0.286. The highest BCUT2D eigenvalue weighted by Crippen LogP contribution is 2.42. The Morgan fingerprint density at radius 2 is 2.10 bits per heavy atom. The van der Waals surface area contributed by atoms with Gasteiger partial charge in [0.15, 0.2) is 11.5 Å². The second-order valence-corrected chi connectivity index (χ2v) is 4.87. The number of carbonyl (C=O) groups is 1. The zero-order valence-corrected chi connectivity index (χ0v) is 10.6. The zero-order valence-electron chi connectivity index (χ0n) is 10.6. The zero-order chi connectivity index (χ0) is 14.2. The van der Waals surface area contributed by atoms with E-state index in [4.69, 9.17) is 0 Å². The molecule has 0 aromatic heterocycles. The molecule has 1 saturated heterocycles. The second-order valence-electron chi connectivity index (χ2n) is 4.87. The number of anilines is 1. The van der Waals surface area contributed by atoms with Crippen molar-refractivity contribution < 1.29 is 23.0 Å². The fraction of sp³-hybridized carbons (Fsp3) is 0.462. The van der Waals surface area contributed by atoms with Crippen LogP contribution in [0.3, 0.4) is 0 Å². The first-order valence-electron chi connectivity index (χ1n) is 6.45. The van der Waals surface area contributed by atoms with Gasteiger partial charge < -0.3 is 20.1 Å². The van der Waals surface area contributed by atoms with E-state index in [0.29, 0.717) is 18.7 Å². The molecule has 3 rings (SSSR count). The summed E-state index contributed by atoms with van der Waals surface area (Å²) in [5.41, 5.74) is 0.629.